The number of nitrogens with zero attached hydrogens (tertiary/aromatic N) is 2. The molecule has 0 bridgehead atoms. The fourth-order valence-electron chi connectivity index (χ4n) is 2.38. The molecule has 23 heavy (non-hydrogen) atoms. The summed E-state index contributed by atoms with van der Waals surface area (Å²) in [6.07, 6.45) is 3.63. The lowest BCUT2D eigenvalue weighted by Crippen LogP contribution is -2.39. The first kappa shape index (κ1) is 22.7. The highest BCUT2D eigenvalue weighted by Crippen LogP contribution is 2.23. The van der Waals surface area contributed by atoms with E-state index in [2.05, 4.69) is 67.6 Å². The molecule has 0 radical (unpaired) electrons. The summed E-state index contributed by atoms with van der Waals surface area (Å²) in [6.45, 7) is 7.39. The zero-order valence-electron chi connectivity index (χ0n) is 15.1. The van der Waals surface area contributed by atoms with Gasteiger partial charge >= 0.3 is 0 Å². The van der Waals surface area contributed by atoms with Gasteiger partial charge in [-0.15, -0.1) is 35.3 Å². The third kappa shape index (κ3) is 9.52. The number of likely N-dealkylation sites (N-methyl/N-ethyl adjacent to an activating group) is 1. The van der Waals surface area contributed by atoms with Crippen molar-refractivity contribution < 1.29 is 0 Å². The van der Waals surface area contributed by atoms with Gasteiger partial charge in [0.15, 0.2) is 5.96 Å². The Morgan fingerprint density at radius 2 is 2.00 bits per heavy atom. The predicted molar refractivity (Wildman–Crippen MR) is 114 cm³/mol. The van der Waals surface area contributed by atoms with Gasteiger partial charge in [0.2, 0.25) is 0 Å². The standard InChI is InChI=1S/C17H32N4S.HI/c1-13(2)8-6-9-14(3)20-17(18)19-12-15(21(4)5)16-10-7-11-22-16;/h7,10-11,13-15H,6,8-9,12H2,1-5H3,(H3,18,19,20);1H. The van der Waals surface area contributed by atoms with Gasteiger partial charge in [0.25, 0.3) is 0 Å². The Kier molecular flexibility index (Phi) is 11.9. The van der Waals surface area contributed by atoms with Gasteiger partial charge in [0, 0.05) is 10.9 Å². The van der Waals surface area contributed by atoms with E-state index < -0.39 is 0 Å². The molecule has 0 aliphatic carbocycles. The first-order valence-electron chi connectivity index (χ1n) is 8.16. The van der Waals surface area contributed by atoms with Crippen molar-refractivity contribution in [1.29, 1.82) is 0 Å². The summed E-state index contributed by atoms with van der Waals surface area (Å²) in [4.78, 5) is 8.05. The van der Waals surface area contributed by atoms with Gasteiger partial charge in [-0.25, -0.2) is 0 Å². The quantitative estimate of drug-likeness (QED) is 0.337. The Balaban J connectivity index is 0.00000484. The normalized spacial score (nSPS) is 14.7. The zero-order valence-corrected chi connectivity index (χ0v) is 18.2. The second-order valence-corrected chi connectivity index (χ2v) is 7.57. The van der Waals surface area contributed by atoms with Crippen LogP contribution in [0, 0.1) is 5.92 Å². The molecule has 0 spiro atoms. The molecule has 134 valence electrons. The highest BCUT2D eigenvalue weighted by Gasteiger charge is 2.14. The zero-order chi connectivity index (χ0) is 16.5. The van der Waals surface area contributed by atoms with Gasteiger partial charge in [0.05, 0.1) is 12.6 Å². The molecule has 1 aromatic rings. The van der Waals surface area contributed by atoms with Crippen molar-refractivity contribution in [2.45, 2.75) is 52.1 Å². The molecule has 0 saturated heterocycles. The van der Waals surface area contributed by atoms with E-state index in [-0.39, 0.29) is 30.0 Å². The molecule has 0 fully saturated rings. The monoisotopic (exact) mass is 452 g/mol. The van der Waals surface area contributed by atoms with Gasteiger partial charge in [-0.05, 0) is 44.8 Å². The smallest absolute Gasteiger partial charge is 0.188 e. The Morgan fingerprint density at radius 3 is 2.52 bits per heavy atom. The van der Waals surface area contributed by atoms with Crippen molar-refractivity contribution in [2.24, 2.45) is 16.6 Å². The Bertz CT molecular complexity index is 432. The molecule has 1 aromatic heterocycles. The van der Waals surface area contributed by atoms with Crippen molar-refractivity contribution in [3.63, 3.8) is 0 Å². The van der Waals surface area contributed by atoms with Crippen LogP contribution in [0.4, 0.5) is 0 Å². The van der Waals surface area contributed by atoms with Crippen molar-refractivity contribution in [2.75, 3.05) is 20.6 Å². The number of halogens is 1. The molecule has 6 heteroatoms. The van der Waals surface area contributed by atoms with E-state index in [1.54, 1.807) is 11.3 Å². The van der Waals surface area contributed by atoms with Crippen molar-refractivity contribution in [3.8, 4) is 0 Å². The van der Waals surface area contributed by atoms with E-state index in [0.717, 1.165) is 12.3 Å². The molecule has 1 heterocycles. The second kappa shape index (κ2) is 12.1. The van der Waals surface area contributed by atoms with Crippen LogP contribution in [0.1, 0.15) is 51.0 Å². The second-order valence-electron chi connectivity index (χ2n) is 6.59. The van der Waals surface area contributed by atoms with E-state index >= 15 is 0 Å². The molecule has 4 nitrogen and oxygen atoms in total. The maximum Gasteiger partial charge on any atom is 0.188 e. The lowest BCUT2D eigenvalue weighted by atomic mass is 10.0. The summed E-state index contributed by atoms with van der Waals surface area (Å²) < 4.78 is 0. The van der Waals surface area contributed by atoms with Crippen molar-refractivity contribution >= 4 is 41.3 Å². The van der Waals surface area contributed by atoms with Crippen LogP contribution in [0.15, 0.2) is 22.5 Å². The fourth-order valence-corrected chi connectivity index (χ4v) is 3.29. The molecule has 2 atom stereocenters. The summed E-state index contributed by atoms with van der Waals surface area (Å²) in [7, 11) is 4.16. The Labute approximate surface area is 163 Å². The molecule has 2 unspecified atom stereocenters. The van der Waals surface area contributed by atoms with E-state index in [1.165, 1.54) is 17.7 Å². The molecule has 1 rings (SSSR count). The van der Waals surface area contributed by atoms with Crippen LogP contribution in [0.25, 0.3) is 0 Å². The van der Waals surface area contributed by atoms with Crippen LogP contribution >= 0.6 is 35.3 Å². The summed E-state index contributed by atoms with van der Waals surface area (Å²) in [5.74, 6) is 1.32. The number of hydrogen-bond donors (Lipinski definition) is 2. The van der Waals surface area contributed by atoms with E-state index in [1.807, 2.05) is 0 Å². The Morgan fingerprint density at radius 1 is 1.30 bits per heavy atom. The molecule has 3 N–H and O–H groups in total. The summed E-state index contributed by atoms with van der Waals surface area (Å²) in [6, 6.07) is 4.90. The van der Waals surface area contributed by atoms with Crippen LogP contribution in [0.2, 0.25) is 0 Å². The van der Waals surface area contributed by atoms with Gasteiger partial charge < -0.3 is 16.0 Å². The number of hydrogen-bond acceptors (Lipinski definition) is 3. The van der Waals surface area contributed by atoms with Gasteiger partial charge in [0.1, 0.15) is 0 Å². The van der Waals surface area contributed by atoms with Crippen LogP contribution in [-0.4, -0.2) is 37.5 Å². The summed E-state index contributed by atoms with van der Waals surface area (Å²) >= 11 is 1.77. The van der Waals surface area contributed by atoms with Crippen LogP contribution in [-0.2, 0) is 0 Å². The fraction of sp³-hybridized carbons (Fsp3) is 0.706. The minimum absolute atomic E-state index is 0. The summed E-state index contributed by atoms with van der Waals surface area (Å²) in [5.41, 5.74) is 6.03. The van der Waals surface area contributed by atoms with Gasteiger partial charge in [-0.3, -0.25) is 4.99 Å². The third-order valence-electron chi connectivity index (χ3n) is 3.74. The van der Waals surface area contributed by atoms with Crippen molar-refractivity contribution in [3.05, 3.63) is 22.4 Å². The largest absolute Gasteiger partial charge is 0.370 e. The lowest BCUT2D eigenvalue weighted by Gasteiger charge is -2.22. The number of rotatable bonds is 9. The highest BCUT2D eigenvalue weighted by atomic mass is 127. The van der Waals surface area contributed by atoms with Gasteiger partial charge in [-0.2, -0.15) is 0 Å². The minimum Gasteiger partial charge on any atom is -0.370 e. The maximum atomic E-state index is 6.03. The minimum atomic E-state index is 0. The molecule has 0 amide bonds. The molecule has 0 aliphatic heterocycles. The number of nitrogens with two attached hydrogens (primary N) is 1. The average Bonchev–Trinajstić information content (AvgIpc) is 2.91. The molecular formula is C17H33IN4S. The average molecular weight is 452 g/mol. The number of aliphatic imine (C=N–C) groups is 1. The summed E-state index contributed by atoms with van der Waals surface area (Å²) in [5, 5.41) is 5.41. The van der Waals surface area contributed by atoms with Gasteiger partial charge in [-0.1, -0.05) is 32.8 Å². The molecule has 0 aliphatic rings. The number of nitrogens with one attached hydrogen (secondary N) is 1. The van der Waals surface area contributed by atoms with Crippen molar-refractivity contribution in [1.82, 2.24) is 10.2 Å². The lowest BCUT2D eigenvalue weighted by molar-refractivity contribution is 0.310. The van der Waals surface area contributed by atoms with E-state index in [0.29, 0.717) is 18.5 Å². The third-order valence-corrected chi connectivity index (χ3v) is 4.72. The number of thiophene rings is 1. The highest BCUT2D eigenvalue weighted by molar-refractivity contribution is 14.0. The predicted octanol–water partition coefficient (Wildman–Crippen LogP) is 4.09. The topological polar surface area (TPSA) is 53.6 Å². The maximum absolute atomic E-state index is 6.03. The Hall–Kier alpha value is -0.340. The van der Waals surface area contributed by atoms with E-state index in [9.17, 15) is 0 Å². The van der Waals surface area contributed by atoms with E-state index in [4.69, 9.17) is 5.73 Å². The van der Waals surface area contributed by atoms with Crippen LogP contribution < -0.4 is 11.1 Å². The first-order chi connectivity index (χ1) is 10.4. The molecule has 0 saturated carbocycles. The number of guanidine groups is 1. The van der Waals surface area contributed by atoms with Crippen LogP contribution in [0.3, 0.4) is 0 Å². The molecular weight excluding hydrogens is 419 g/mol. The SMILES string of the molecule is CC(C)CCCC(C)NC(N)=NCC(c1cccs1)N(C)C.I. The first-order valence-corrected chi connectivity index (χ1v) is 9.04. The molecule has 0 aromatic carbocycles. The van der Waals surface area contributed by atoms with Crippen LogP contribution in [0.5, 0.6) is 0 Å².